The van der Waals surface area contributed by atoms with E-state index in [1.165, 1.54) is 0 Å². The number of aromatic nitrogens is 1. The second-order valence-corrected chi connectivity index (χ2v) is 4.11. The number of hydrogen-bond donors (Lipinski definition) is 0. The SMILES string of the molecule is CCOC(=O)c1c(C)c2cccc(OC)c2n1C. The predicted octanol–water partition coefficient (Wildman–Crippen LogP) is 2.67. The van der Waals surface area contributed by atoms with Crippen LogP contribution < -0.4 is 4.74 Å². The summed E-state index contributed by atoms with van der Waals surface area (Å²) in [6.45, 7) is 4.10. The Hall–Kier alpha value is -1.97. The van der Waals surface area contributed by atoms with Gasteiger partial charge in [-0.1, -0.05) is 12.1 Å². The van der Waals surface area contributed by atoms with Gasteiger partial charge in [0.25, 0.3) is 0 Å². The van der Waals surface area contributed by atoms with Crippen LogP contribution in [0, 0.1) is 6.92 Å². The molecule has 0 radical (unpaired) electrons. The van der Waals surface area contributed by atoms with Crippen LogP contribution in [0.2, 0.25) is 0 Å². The van der Waals surface area contributed by atoms with Crippen LogP contribution in [0.15, 0.2) is 18.2 Å². The van der Waals surface area contributed by atoms with E-state index in [2.05, 4.69) is 0 Å². The van der Waals surface area contributed by atoms with Crippen LogP contribution in [0.25, 0.3) is 10.9 Å². The summed E-state index contributed by atoms with van der Waals surface area (Å²) >= 11 is 0. The Kier molecular flexibility index (Phi) is 3.28. The van der Waals surface area contributed by atoms with Crippen molar-refractivity contribution in [1.82, 2.24) is 4.57 Å². The first-order valence-corrected chi connectivity index (χ1v) is 5.90. The zero-order valence-corrected chi connectivity index (χ0v) is 11.1. The van der Waals surface area contributed by atoms with Gasteiger partial charge in [-0.25, -0.2) is 4.79 Å². The Morgan fingerprint density at radius 3 is 2.72 bits per heavy atom. The summed E-state index contributed by atoms with van der Waals surface area (Å²) < 4.78 is 12.3. The lowest BCUT2D eigenvalue weighted by Gasteiger charge is -2.06. The van der Waals surface area contributed by atoms with Crippen LogP contribution in [-0.2, 0) is 11.8 Å². The van der Waals surface area contributed by atoms with E-state index in [9.17, 15) is 4.79 Å². The minimum Gasteiger partial charge on any atom is -0.495 e. The molecule has 4 heteroatoms. The first kappa shape index (κ1) is 12.5. The fraction of sp³-hybridized carbons (Fsp3) is 0.357. The Labute approximate surface area is 106 Å². The summed E-state index contributed by atoms with van der Waals surface area (Å²) in [5, 5.41) is 1.01. The third kappa shape index (κ3) is 1.74. The number of carbonyl (C=O) groups is 1. The molecule has 1 aromatic heterocycles. The highest BCUT2D eigenvalue weighted by Gasteiger charge is 2.21. The molecular weight excluding hydrogens is 230 g/mol. The molecule has 0 aliphatic rings. The van der Waals surface area contributed by atoms with Gasteiger partial charge in [0.1, 0.15) is 11.4 Å². The molecule has 96 valence electrons. The second kappa shape index (κ2) is 4.72. The topological polar surface area (TPSA) is 40.5 Å². The molecule has 0 aliphatic heterocycles. The number of esters is 1. The van der Waals surface area contributed by atoms with Crippen LogP contribution >= 0.6 is 0 Å². The molecule has 0 amide bonds. The lowest BCUT2D eigenvalue weighted by Crippen LogP contribution is -2.11. The van der Waals surface area contributed by atoms with Gasteiger partial charge in [0.05, 0.1) is 19.2 Å². The molecule has 0 spiro atoms. The molecule has 0 aliphatic carbocycles. The Balaban J connectivity index is 2.73. The van der Waals surface area contributed by atoms with Crippen molar-refractivity contribution in [2.24, 2.45) is 7.05 Å². The standard InChI is InChI=1S/C14H17NO3/c1-5-18-14(16)12-9(2)10-7-6-8-11(17-4)13(10)15(12)3/h6-8H,5H2,1-4H3. The normalized spacial score (nSPS) is 10.7. The second-order valence-electron chi connectivity index (χ2n) is 4.11. The number of aryl methyl sites for hydroxylation is 2. The number of benzene rings is 1. The average Bonchev–Trinajstić information content (AvgIpc) is 2.62. The lowest BCUT2D eigenvalue weighted by atomic mass is 10.1. The molecule has 0 saturated heterocycles. The predicted molar refractivity (Wildman–Crippen MR) is 70.2 cm³/mol. The smallest absolute Gasteiger partial charge is 0.355 e. The van der Waals surface area contributed by atoms with E-state index in [1.807, 2.05) is 36.7 Å². The van der Waals surface area contributed by atoms with E-state index < -0.39 is 0 Å². The number of carbonyl (C=O) groups excluding carboxylic acids is 1. The summed E-state index contributed by atoms with van der Waals surface area (Å²) in [6.07, 6.45) is 0. The van der Waals surface area contributed by atoms with Crippen molar-refractivity contribution in [2.75, 3.05) is 13.7 Å². The summed E-state index contributed by atoms with van der Waals surface area (Å²) in [6, 6.07) is 5.79. The monoisotopic (exact) mass is 247 g/mol. The number of hydrogen-bond acceptors (Lipinski definition) is 3. The summed E-state index contributed by atoms with van der Waals surface area (Å²) in [5.74, 6) is 0.462. The minimum atomic E-state index is -0.296. The van der Waals surface area contributed by atoms with Crippen molar-refractivity contribution in [2.45, 2.75) is 13.8 Å². The van der Waals surface area contributed by atoms with Crippen molar-refractivity contribution in [3.8, 4) is 5.75 Å². The van der Waals surface area contributed by atoms with Gasteiger partial charge in [0.15, 0.2) is 0 Å². The third-order valence-electron chi connectivity index (χ3n) is 3.12. The maximum absolute atomic E-state index is 12.0. The van der Waals surface area contributed by atoms with Gasteiger partial charge in [-0.3, -0.25) is 0 Å². The van der Waals surface area contributed by atoms with Crippen LogP contribution in [0.5, 0.6) is 5.75 Å². The van der Waals surface area contributed by atoms with E-state index in [-0.39, 0.29) is 5.97 Å². The van der Waals surface area contributed by atoms with Crippen molar-refractivity contribution in [3.63, 3.8) is 0 Å². The molecule has 0 unspecified atom stereocenters. The molecule has 0 bridgehead atoms. The van der Waals surface area contributed by atoms with Crippen LogP contribution in [0.4, 0.5) is 0 Å². The summed E-state index contributed by atoms with van der Waals surface area (Å²) in [7, 11) is 3.48. The lowest BCUT2D eigenvalue weighted by molar-refractivity contribution is 0.0515. The van der Waals surface area contributed by atoms with E-state index in [0.29, 0.717) is 12.3 Å². The fourth-order valence-corrected chi connectivity index (χ4v) is 2.32. The number of nitrogens with zero attached hydrogens (tertiary/aromatic N) is 1. The highest BCUT2D eigenvalue weighted by Crippen LogP contribution is 2.31. The van der Waals surface area contributed by atoms with Crippen molar-refractivity contribution in [3.05, 3.63) is 29.5 Å². The average molecular weight is 247 g/mol. The fourth-order valence-electron chi connectivity index (χ4n) is 2.32. The number of methoxy groups -OCH3 is 1. The van der Waals surface area contributed by atoms with E-state index in [4.69, 9.17) is 9.47 Å². The van der Waals surface area contributed by atoms with Crippen LogP contribution in [0.3, 0.4) is 0 Å². The zero-order valence-electron chi connectivity index (χ0n) is 11.1. The van der Waals surface area contributed by atoms with E-state index >= 15 is 0 Å². The molecule has 0 saturated carbocycles. The molecule has 2 rings (SSSR count). The first-order valence-electron chi connectivity index (χ1n) is 5.90. The first-order chi connectivity index (χ1) is 8.61. The van der Waals surface area contributed by atoms with Gasteiger partial charge in [-0.2, -0.15) is 0 Å². The third-order valence-corrected chi connectivity index (χ3v) is 3.12. The minimum absolute atomic E-state index is 0.296. The maximum Gasteiger partial charge on any atom is 0.355 e. The van der Waals surface area contributed by atoms with E-state index in [0.717, 1.165) is 22.2 Å². The molecule has 1 aromatic carbocycles. The number of fused-ring (bicyclic) bond motifs is 1. The maximum atomic E-state index is 12.0. The van der Waals surface area contributed by atoms with Crippen LogP contribution in [-0.4, -0.2) is 24.3 Å². The summed E-state index contributed by atoms with van der Waals surface area (Å²) in [4.78, 5) is 12.0. The Morgan fingerprint density at radius 1 is 1.39 bits per heavy atom. The molecule has 4 nitrogen and oxygen atoms in total. The van der Waals surface area contributed by atoms with Gasteiger partial charge in [0.2, 0.25) is 0 Å². The molecule has 0 atom stereocenters. The molecular formula is C14H17NO3. The summed E-state index contributed by atoms with van der Waals surface area (Å²) in [5.41, 5.74) is 2.42. The van der Waals surface area contributed by atoms with Crippen molar-refractivity contribution >= 4 is 16.9 Å². The number of para-hydroxylation sites is 1. The molecule has 0 fully saturated rings. The van der Waals surface area contributed by atoms with Gasteiger partial charge in [-0.15, -0.1) is 0 Å². The number of rotatable bonds is 3. The quantitative estimate of drug-likeness (QED) is 0.783. The number of ether oxygens (including phenoxy) is 2. The molecule has 2 aromatic rings. The largest absolute Gasteiger partial charge is 0.495 e. The van der Waals surface area contributed by atoms with Gasteiger partial charge in [-0.05, 0) is 25.5 Å². The highest BCUT2D eigenvalue weighted by molar-refractivity contribution is 6.00. The van der Waals surface area contributed by atoms with E-state index in [1.54, 1.807) is 14.0 Å². The van der Waals surface area contributed by atoms with Gasteiger partial charge >= 0.3 is 5.97 Å². The van der Waals surface area contributed by atoms with Crippen molar-refractivity contribution < 1.29 is 14.3 Å². The molecule has 18 heavy (non-hydrogen) atoms. The molecule has 0 N–H and O–H groups in total. The molecule has 1 heterocycles. The van der Waals surface area contributed by atoms with Crippen LogP contribution in [0.1, 0.15) is 23.0 Å². The Bertz CT molecular complexity index is 599. The van der Waals surface area contributed by atoms with Gasteiger partial charge in [0, 0.05) is 12.4 Å². The Morgan fingerprint density at radius 2 is 2.11 bits per heavy atom. The van der Waals surface area contributed by atoms with Crippen molar-refractivity contribution in [1.29, 1.82) is 0 Å². The van der Waals surface area contributed by atoms with Gasteiger partial charge < -0.3 is 14.0 Å². The highest BCUT2D eigenvalue weighted by atomic mass is 16.5. The zero-order chi connectivity index (χ0) is 13.3.